The molecule has 1 aromatic carbocycles. The molecule has 2 saturated heterocycles. The van der Waals surface area contributed by atoms with E-state index < -0.39 is 0 Å². The summed E-state index contributed by atoms with van der Waals surface area (Å²) in [7, 11) is 1.68. The number of hydrogen-bond acceptors (Lipinski definition) is 5. The minimum Gasteiger partial charge on any atom is -0.496 e. The van der Waals surface area contributed by atoms with E-state index in [2.05, 4.69) is 10.6 Å². The number of fused-ring (bicyclic) bond motifs is 2. The summed E-state index contributed by atoms with van der Waals surface area (Å²) in [5.74, 6) is 0.918. The van der Waals surface area contributed by atoms with Crippen LogP contribution < -0.4 is 15.4 Å². The lowest BCUT2D eigenvalue weighted by atomic mass is 9.95. The van der Waals surface area contributed by atoms with Crippen LogP contribution >= 0.6 is 23.1 Å². The summed E-state index contributed by atoms with van der Waals surface area (Å²) in [4.78, 5) is 13.6. The number of carbonyl (C=O) groups excluding carboxylic acids is 1. The van der Waals surface area contributed by atoms with Crippen LogP contribution in [0.25, 0.3) is 0 Å². The van der Waals surface area contributed by atoms with Gasteiger partial charge in [0.15, 0.2) is 0 Å². The molecule has 6 heteroatoms. The van der Waals surface area contributed by atoms with E-state index in [4.69, 9.17) is 4.74 Å². The van der Waals surface area contributed by atoms with Crippen LogP contribution in [0.4, 0.5) is 0 Å². The van der Waals surface area contributed by atoms with Gasteiger partial charge in [-0.1, -0.05) is 11.8 Å². The number of rotatable bonds is 5. The molecule has 0 saturated carbocycles. The summed E-state index contributed by atoms with van der Waals surface area (Å²) >= 11 is 3.34. The summed E-state index contributed by atoms with van der Waals surface area (Å²) in [5.41, 5.74) is 0.728. The topological polar surface area (TPSA) is 50.4 Å². The highest BCUT2D eigenvalue weighted by Gasteiger charge is 2.39. The van der Waals surface area contributed by atoms with Crippen molar-refractivity contribution in [3.63, 3.8) is 0 Å². The molecule has 1 amide bonds. The van der Waals surface area contributed by atoms with Crippen LogP contribution in [-0.4, -0.2) is 31.1 Å². The van der Waals surface area contributed by atoms with Crippen LogP contribution in [0.1, 0.15) is 29.6 Å². The van der Waals surface area contributed by atoms with Crippen LogP contribution in [0.15, 0.2) is 44.8 Å². The molecule has 0 unspecified atom stereocenters. The van der Waals surface area contributed by atoms with Gasteiger partial charge in [0.1, 0.15) is 5.75 Å². The Labute approximate surface area is 150 Å². The monoisotopic (exact) mass is 360 g/mol. The summed E-state index contributed by atoms with van der Waals surface area (Å²) in [6.07, 6.45) is 3.48. The molecule has 2 aromatic rings. The smallest absolute Gasteiger partial charge is 0.251 e. The zero-order valence-electron chi connectivity index (χ0n) is 13.5. The fraction of sp³-hybridized carbons (Fsp3) is 0.389. The van der Waals surface area contributed by atoms with Crippen LogP contribution in [-0.2, 0) is 0 Å². The molecular formula is C18H20N2O2S2. The number of methoxy groups -OCH3 is 1. The van der Waals surface area contributed by atoms with Gasteiger partial charge in [-0.05, 0) is 43.5 Å². The quantitative estimate of drug-likeness (QED) is 0.856. The highest BCUT2D eigenvalue weighted by Crippen LogP contribution is 2.35. The lowest BCUT2D eigenvalue weighted by Gasteiger charge is -2.21. The van der Waals surface area contributed by atoms with Gasteiger partial charge in [0.25, 0.3) is 5.91 Å². The first-order valence-corrected chi connectivity index (χ1v) is 9.88. The standard InChI is InChI=1S/C18H20N2O2S2/c1-22-13-9-17(23-10-13)24-14-5-2-11(3-6-14)18(21)20-16-8-12-4-7-15(16)19-12/h2-3,5-6,9-10,12,15-16,19H,4,7-8H2,1H3,(H,20,21)/t12-,15+,16-/m1/s1. The Balaban J connectivity index is 1.37. The second kappa shape index (κ2) is 6.78. The van der Waals surface area contributed by atoms with Crippen LogP contribution in [0.2, 0.25) is 0 Å². The van der Waals surface area contributed by atoms with E-state index in [1.807, 2.05) is 35.7 Å². The highest BCUT2D eigenvalue weighted by molar-refractivity contribution is 8.01. The number of thiophene rings is 1. The van der Waals surface area contributed by atoms with Crippen LogP contribution in [0.3, 0.4) is 0 Å². The summed E-state index contributed by atoms with van der Waals surface area (Å²) < 4.78 is 6.38. The third-order valence-corrected chi connectivity index (χ3v) is 6.80. The molecule has 2 aliphatic heterocycles. The van der Waals surface area contributed by atoms with Crippen LogP contribution in [0.5, 0.6) is 5.75 Å². The SMILES string of the molecule is COc1csc(Sc2ccc(C(=O)N[C@@H]3C[C@H]4CC[C@@H]3N4)cc2)c1. The van der Waals surface area contributed by atoms with Crippen molar-refractivity contribution in [2.24, 2.45) is 0 Å². The lowest BCUT2D eigenvalue weighted by Crippen LogP contribution is -2.42. The second-order valence-corrected chi connectivity index (χ2v) is 8.58. The average Bonchev–Trinajstić information content (AvgIpc) is 3.32. The maximum absolute atomic E-state index is 12.4. The zero-order valence-corrected chi connectivity index (χ0v) is 15.1. The molecule has 2 bridgehead atoms. The van der Waals surface area contributed by atoms with E-state index >= 15 is 0 Å². The fourth-order valence-electron chi connectivity index (χ4n) is 3.49. The third-order valence-electron chi connectivity index (χ3n) is 4.74. The van der Waals surface area contributed by atoms with Gasteiger partial charge < -0.3 is 15.4 Å². The maximum atomic E-state index is 12.4. The Morgan fingerprint density at radius 1 is 1.33 bits per heavy atom. The van der Waals surface area contributed by atoms with Gasteiger partial charge in [-0.2, -0.15) is 0 Å². The van der Waals surface area contributed by atoms with Gasteiger partial charge in [0.2, 0.25) is 0 Å². The first kappa shape index (κ1) is 16.0. The van der Waals surface area contributed by atoms with E-state index in [9.17, 15) is 4.79 Å². The number of ether oxygens (including phenoxy) is 1. The number of benzene rings is 1. The number of hydrogen-bond donors (Lipinski definition) is 2. The van der Waals surface area contributed by atoms with Crippen molar-refractivity contribution >= 4 is 29.0 Å². The van der Waals surface area contributed by atoms with E-state index in [1.165, 1.54) is 17.1 Å². The lowest BCUT2D eigenvalue weighted by molar-refractivity contribution is 0.0931. The molecule has 0 aliphatic carbocycles. The molecule has 3 heterocycles. The molecule has 2 aliphatic rings. The Morgan fingerprint density at radius 3 is 2.79 bits per heavy atom. The first-order valence-electron chi connectivity index (χ1n) is 8.18. The molecule has 0 radical (unpaired) electrons. The number of carbonyl (C=O) groups is 1. The molecule has 126 valence electrons. The van der Waals surface area contributed by atoms with Crippen molar-refractivity contribution in [3.8, 4) is 5.75 Å². The van der Waals surface area contributed by atoms with Gasteiger partial charge in [0.05, 0.1) is 11.3 Å². The molecule has 0 spiro atoms. The predicted molar refractivity (Wildman–Crippen MR) is 97.3 cm³/mol. The average molecular weight is 361 g/mol. The second-order valence-electron chi connectivity index (χ2n) is 6.30. The van der Waals surface area contributed by atoms with Gasteiger partial charge in [-0.15, -0.1) is 11.3 Å². The number of amides is 1. The van der Waals surface area contributed by atoms with E-state index in [1.54, 1.807) is 30.2 Å². The van der Waals surface area contributed by atoms with Gasteiger partial charge in [-0.25, -0.2) is 0 Å². The maximum Gasteiger partial charge on any atom is 0.251 e. The van der Waals surface area contributed by atoms with Crippen molar-refractivity contribution in [1.82, 2.24) is 10.6 Å². The van der Waals surface area contributed by atoms with Crippen molar-refractivity contribution in [2.45, 2.75) is 46.5 Å². The number of nitrogens with one attached hydrogen (secondary N) is 2. The van der Waals surface area contributed by atoms with Crippen LogP contribution in [0, 0.1) is 0 Å². The Bertz CT molecular complexity index is 729. The van der Waals surface area contributed by atoms with E-state index in [-0.39, 0.29) is 11.9 Å². The molecule has 3 atom stereocenters. The van der Waals surface area contributed by atoms with Crippen molar-refractivity contribution < 1.29 is 9.53 Å². The zero-order chi connectivity index (χ0) is 16.5. The summed E-state index contributed by atoms with van der Waals surface area (Å²) in [5, 5.41) is 8.73. The minimum atomic E-state index is 0.0312. The highest BCUT2D eigenvalue weighted by atomic mass is 32.2. The Kier molecular flexibility index (Phi) is 4.52. The Hall–Kier alpha value is -1.50. The normalized spacial score (nSPS) is 25.0. The van der Waals surface area contributed by atoms with Gasteiger partial charge in [-0.3, -0.25) is 4.79 Å². The third kappa shape index (κ3) is 3.31. The van der Waals surface area contributed by atoms with E-state index in [0.29, 0.717) is 12.1 Å². The Morgan fingerprint density at radius 2 is 2.17 bits per heavy atom. The molecule has 2 fully saturated rings. The minimum absolute atomic E-state index is 0.0312. The van der Waals surface area contributed by atoms with Gasteiger partial charge >= 0.3 is 0 Å². The molecule has 24 heavy (non-hydrogen) atoms. The van der Waals surface area contributed by atoms with Crippen molar-refractivity contribution in [1.29, 1.82) is 0 Å². The summed E-state index contributed by atoms with van der Waals surface area (Å²) in [6, 6.07) is 11.2. The van der Waals surface area contributed by atoms with Crippen molar-refractivity contribution in [2.75, 3.05) is 7.11 Å². The molecule has 4 nitrogen and oxygen atoms in total. The van der Waals surface area contributed by atoms with E-state index in [0.717, 1.165) is 22.6 Å². The summed E-state index contributed by atoms with van der Waals surface area (Å²) in [6.45, 7) is 0. The molecule has 2 N–H and O–H groups in total. The predicted octanol–water partition coefficient (Wildman–Crippen LogP) is 3.53. The largest absolute Gasteiger partial charge is 0.496 e. The molecule has 4 rings (SSSR count). The molecular weight excluding hydrogens is 340 g/mol. The van der Waals surface area contributed by atoms with Gasteiger partial charge in [0, 0.05) is 40.0 Å². The first-order chi connectivity index (χ1) is 11.7. The molecule has 1 aromatic heterocycles. The van der Waals surface area contributed by atoms with Crippen molar-refractivity contribution in [3.05, 3.63) is 41.3 Å². The fourth-order valence-corrected chi connectivity index (χ4v) is 5.37.